The number of nitrogens with one attached hydrogen (secondary N) is 1. The van der Waals surface area contributed by atoms with Gasteiger partial charge in [0.1, 0.15) is 23.1 Å². The molecule has 1 atom stereocenters. The summed E-state index contributed by atoms with van der Waals surface area (Å²) in [4.78, 5) is 12.0. The first-order chi connectivity index (χ1) is 11.5. The lowest BCUT2D eigenvalue weighted by Gasteiger charge is -2.18. The maximum absolute atomic E-state index is 13.1. The highest BCUT2D eigenvalue weighted by Gasteiger charge is 2.15. The molecule has 0 saturated heterocycles. The number of carbonyl (C=O) groups is 1. The second kappa shape index (κ2) is 8.19. The number of hydrogen-bond donors (Lipinski definition) is 1. The van der Waals surface area contributed by atoms with E-state index in [1.807, 2.05) is 6.92 Å². The van der Waals surface area contributed by atoms with Gasteiger partial charge in [-0.1, -0.05) is 6.07 Å². The number of halogens is 1. The van der Waals surface area contributed by atoms with E-state index in [9.17, 15) is 9.18 Å². The lowest BCUT2D eigenvalue weighted by molar-refractivity contribution is -0.123. The zero-order valence-corrected chi connectivity index (χ0v) is 13.8. The Labute approximate surface area is 140 Å². The molecule has 2 aromatic rings. The molecule has 1 unspecified atom stereocenters. The molecule has 5 nitrogen and oxygen atoms in total. The minimum absolute atomic E-state index is 0.208. The summed E-state index contributed by atoms with van der Waals surface area (Å²) in [5.74, 6) is 0.883. The van der Waals surface area contributed by atoms with Crippen LogP contribution in [0.25, 0.3) is 0 Å². The third-order valence-electron chi connectivity index (χ3n) is 3.45. The Morgan fingerprint density at radius 1 is 1.12 bits per heavy atom. The maximum atomic E-state index is 13.1. The molecule has 6 heteroatoms. The first-order valence-corrected chi connectivity index (χ1v) is 7.43. The molecule has 0 bridgehead atoms. The maximum Gasteiger partial charge on any atom is 0.258 e. The number of hydrogen-bond acceptors (Lipinski definition) is 4. The lowest BCUT2D eigenvalue weighted by Crippen LogP contribution is -2.31. The summed E-state index contributed by atoms with van der Waals surface area (Å²) in [7, 11) is 3.13. The molecular weight excluding hydrogens is 313 g/mol. The minimum Gasteiger partial charge on any atom is -0.497 e. The highest BCUT2D eigenvalue weighted by atomic mass is 19.1. The van der Waals surface area contributed by atoms with Crippen LogP contribution < -0.4 is 19.5 Å². The molecule has 0 saturated carbocycles. The normalized spacial score (nSPS) is 11.5. The number of benzene rings is 2. The van der Waals surface area contributed by atoms with E-state index in [0.717, 1.165) is 5.56 Å². The van der Waals surface area contributed by atoms with Crippen LogP contribution in [0.15, 0.2) is 42.5 Å². The Balaban J connectivity index is 1.98. The molecule has 0 heterocycles. The summed E-state index contributed by atoms with van der Waals surface area (Å²) >= 11 is 0. The molecule has 0 aromatic heterocycles. The summed E-state index contributed by atoms with van der Waals surface area (Å²) in [5.41, 5.74) is 0.788. The molecule has 0 spiro atoms. The Bertz CT molecular complexity index is 705. The summed E-state index contributed by atoms with van der Waals surface area (Å²) in [6.45, 7) is 1.62. The van der Waals surface area contributed by atoms with Gasteiger partial charge in [-0.25, -0.2) is 4.39 Å². The van der Waals surface area contributed by atoms with E-state index in [1.165, 1.54) is 18.2 Å². The number of methoxy groups -OCH3 is 2. The van der Waals surface area contributed by atoms with Crippen molar-refractivity contribution in [2.24, 2.45) is 0 Å². The fourth-order valence-electron chi connectivity index (χ4n) is 2.24. The van der Waals surface area contributed by atoms with E-state index < -0.39 is 5.82 Å². The van der Waals surface area contributed by atoms with Crippen LogP contribution in [0.3, 0.4) is 0 Å². The van der Waals surface area contributed by atoms with E-state index in [2.05, 4.69) is 5.32 Å². The van der Waals surface area contributed by atoms with E-state index in [-0.39, 0.29) is 18.6 Å². The van der Waals surface area contributed by atoms with Crippen LogP contribution in [-0.4, -0.2) is 26.7 Å². The zero-order chi connectivity index (χ0) is 17.5. The number of rotatable bonds is 7. The van der Waals surface area contributed by atoms with E-state index in [4.69, 9.17) is 14.2 Å². The summed E-state index contributed by atoms with van der Waals surface area (Å²) in [6.07, 6.45) is 0. The van der Waals surface area contributed by atoms with E-state index in [0.29, 0.717) is 17.2 Å². The fourth-order valence-corrected chi connectivity index (χ4v) is 2.24. The lowest BCUT2D eigenvalue weighted by atomic mass is 10.1. The van der Waals surface area contributed by atoms with Gasteiger partial charge in [0.25, 0.3) is 5.91 Å². The van der Waals surface area contributed by atoms with Crippen LogP contribution in [0.1, 0.15) is 18.5 Å². The van der Waals surface area contributed by atoms with Crippen LogP contribution in [0.2, 0.25) is 0 Å². The predicted molar refractivity (Wildman–Crippen MR) is 88.0 cm³/mol. The van der Waals surface area contributed by atoms with Crippen molar-refractivity contribution in [1.82, 2.24) is 5.32 Å². The van der Waals surface area contributed by atoms with Crippen molar-refractivity contribution in [3.8, 4) is 17.2 Å². The third-order valence-corrected chi connectivity index (χ3v) is 3.45. The molecule has 0 aliphatic rings. The molecule has 24 heavy (non-hydrogen) atoms. The summed E-state index contributed by atoms with van der Waals surface area (Å²) in [5, 5.41) is 2.81. The molecular formula is C18H20FNO4. The standard InChI is InChI=1S/C18H20FNO4/c1-12(16-10-14(22-2)7-8-17(16)23-3)20-18(21)11-24-15-6-4-5-13(19)9-15/h4-10,12H,11H2,1-3H3,(H,20,21). The fraction of sp³-hybridized carbons (Fsp3) is 0.278. The molecule has 0 aliphatic heterocycles. The van der Waals surface area contributed by atoms with Crippen molar-refractivity contribution >= 4 is 5.91 Å². The van der Waals surface area contributed by atoms with E-state index in [1.54, 1.807) is 38.5 Å². The van der Waals surface area contributed by atoms with Crippen molar-refractivity contribution in [3.63, 3.8) is 0 Å². The topological polar surface area (TPSA) is 56.8 Å². The quantitative estimate of drug-likeness (QED) is 0.846. The molecule has 2 rings (SSSR count). The minimum atomic E-state index is -0.414. The van der Waals surface area contributed by atoms with Gasteiger partial charge in [0.2, 0.25) is 0 Å². The Morgan fingerprint density at radius 2 is 1.92 bits per heavy atom. The van der Waals surface area contributed by atoms with Crippen LogP contribution >= 0.6 is 0 Å². The van der Waals surface area contributed by atoms with Gasteiger partial charge >= 0.3 is 0 Å². The average Bonchev–Trinajstić information content (AvgIpc) is 2.59. The molecule has 0 fully saturated rings. The zero-order valence-electron chi connectivity index (χ0n) is 13.8. The number of carbonyl (C=O) groups excluding carboxylic acids is 1. The van der Waals surface area contributed by atoms with Crippen LogP contribution in [0, 0.1) is 5.82 Å². The van der Waals surface area contributed by atoms with Crippen molar-refractivity contribution in [1.29, 1.82) is 0 Å². The van der Waals surface area contributed by atoms with Gasteiger partial charge in [0.05, 0.1) is 20.3 Å². The van der Waals surface area contributed by atoms with Gasteiger partial charge in [-0.3, -0.25) is 4.79 Å². The predicted octanol–water partition coefficient (Wildman–Crippen LogP) is 3.10. The largest absolute Gasteiger partial charge is 0.497 e. The average molecular weight is 333 g/mol. The molecule has 0 aliphatic carbocycles. The van der Waals surface area contributed by atoms with Gasteiger partial charge in [-0.05, 0) is 37.3 Å². The van der Waals surface area contributed by atoms with Gasteiger partial charge in [-0.2, -0.15) is 0 Å². The summed E-state index contributed by atoms with van der Waals surface area (Å²) in [6, 6.07) is 10.7. The van der Waals surface area contributed by atoms with Crippen molar-refractivity contribution < 1.29 is 23.4 Å². The van der Waals surface area contributed by atoms with Gasteiger partial charge < -0.3 is 19.5 Å². The molecule has 1 amide bonds. The van der Waals surface area contributed by atoms with Crippen molar-refractivity contribution in [2.45, 2.75) is 13.0 Å². The first-order valence-electron chi connectivity index (χ1n) is 7.43. The smallest absolute Gasteiger partial charge is 0.258 e. The highest BCUT2D eigenvalue weighted by molar-refractivity contribution is 5.78. The summed E-state index contributed by atoms with van der Waals surface area (Å²) < 4.78 is 28.9. The van der Waals surface area contributed by atoms with Crippen LogP contribution in [0.4, 0.5) is 4.39 Å². The Hall–Kier alpha value is -2.76. The molecule has 128 valence electrons. The number of amides is 1. The third kappa shape index (κ3) is 4.62. The molecule has 1 N–H and O–H groups in total. The highest BCUT2D eigenvalue weighted by Crippen LogP contribution is 2.29. The van der Waals surface area contributed by atoms with Crippen molar-refractivity contribution in [3.05, 3.63) is 53.8 Å². The van der Waals surface area contributed by atoms with Crippen molar-refractivity contribution in [2.75, 3.05) is 20.8 Å². The van der Waals surface area contributed by atoms with Crippen LogP contribution in [0.5, 0.6) is 17.2 Å². The second-order valence-corrected chi connectivity index (χ2v) is 5.14. The molecule has 2 aromatic carbocycles. The van der Waals surface area contributed by atoms with Gasteiger partial charge in [0, 0.05) is 11.6 Å². The number of ether oxygens (including phenoxy) is 3. The Kier molecular flexibility index (Phi) is 6.01. The van der Waals surface area contributed by atoms with Gasteiger partial charge in [0.15, 0.2) is 6.61 Å². The monoisotopic (exact) mass is 333 g/mol. The van der Waals surface area contributed by atoms with Crippen LogP contribution in [-0.2, 0) is 4.79 Å². The second-order valence-electron chi connectivity index (χ2n) is 5.14. The Morgan fingerprint density at radius 3 is 2.58 bits per heavy atom. The van der Waals surface area contributed by atoms with Gasteiger partial charge in [-0.15, -0.1) is 0 Å². The molecule has 0 radical (unpaired) electrons. The van der Waals surface area contributed by atoms with E-state index >= 15 is 0 Å². The SMILES string of the molecule is COc1ccc(OC)c(C(C)NC(=O)COc2cccc(F)c2)c1. The first kappa shape index (κ1) is 17.6.